The van der Waals surface area contributed by atoms with Crippen molar-refractivity contribution in [2.45, 2.75) is 65.6 Å². The molecule has 3 N–H and O–H groups in total. The van der Waals surface area contributed by atoms with Crippen molar-refractivity contribution < 1.29 is 14.6 Å². The lowest BCUT2D eigenvalue weighted by atomic mass is 9.98. The zero-order valence-corrected chi connectivity index (χ0v) is 13.9. The van der Waals surface area contributed by atoms with Gasteiger partial charge in [-0.25, -0.2) is 4.79 Å². The molecular formula is C15H32N2O3. The highest BCUT2D eigenvalue weighted by Gasteiger charge is 2.20. The minimum atomic E-state index is -0.913. The van der Waals surface area contributed by atoms with Gasteiger partial charge in [0.1, 0.15) is 0 Å². The highest BCUT2D eigenvalue weighted by molar-refractivity contribution is 5.64. The van der Waals surface area contributed by atoms with Crippen molar-refractivity contribution in [3.63, 3.8) is 0 Å². The second-order valence-electron chi connectivity index (χ2n) is 7.21. The highest BCUT2D eigenvalue weighted by Crippen LogP contribution is 2.18. The van der Waals surface area contributed by atoms with Gasteiger partial charge in [0.25, 0.3) is 0 Å². The van der Waals surface area contributed by atoms with Gasteiger partial charge in [0.05, 0.1) is 11.2 Å². The van der Waals surface area contributed by atoms with Crippen molar-refractivity contribution in [2.75, 3.05) is 19.6 Å². The quantitative estimate of drug-likeness (QED) is 0.730. The summed E-state index contributed by atoms with van der Waals surface area (Å²) in [6.45, 7) is 15.1. The Hall–Kier alpha value is -0.810. The second kappa shape index (κ2) is 8.47. The SMILES string of the molecule is CC(C)(C)OC(C)(C)C.O=C(O)NCC1CCNCC1. The molecule has 1 amide bonds. The van der Waals surface area contributed by atoms with Gasteiger partial charge in [-0.3, -0.25) is 0 Å². The summed E-state index contributed by atoms with van der Waals surface area (Å²) in [5, 5.41) is 13.9. The number of carbonyl (C=O) groups is 1. The maximum atomic E-state index is 10.1. The van der Waals surface area contributed by atoms with Crippen LogP contribution in [0.2, 0.25) is 0 Å². The van der Waals surface area contributed by atoms with Crippen molar-refractivity contribution in [1.29, 1.82) is 0 Å². The first-order valence-corrected chi connectivity index (χ1v) is 7.37. The normalized spacial score (nSPS) is 17.1. The number of ether oxygens (including phenoxy) is 1. The third-order valence-electron chi connectivity index (χ3n) is 2.61. The monoisotopic (exact) mass is 288 g/mol. The number of nitrogens with one attached hydrogen (secondary N) is 2. The highest BCUT2D eigenvalue weighted by atomic mass is 16.5. The molecular weight excluding hydrogens is 256 g/mol. The Morgan fingerprint density at radius 2 is 1.60 bits per heavy atom. The van der Waals surface area contributed by atoms with Crippen molar-refractivity contribution in [3.8, 4) is 0 Å². The van der Waals surface area contributed by atoms with Crippen molar-refractivity contribution in [1.82, 2.24) is 10.6 Å². The van der Waals surface area contributed by atoms with E-state index in [4.69, 9.17) is 9.84 Å². The molecule has 20 heavy (non-hydrogen) atoms. The van der Waals surface area contributed by atoms with Gasteiger partial charge < -0.3 is 20.5 Å². The van der Waals surface area contributed by atoms with E-state index < -0.39 is 6.09 Å². The first-order chi connectivity index (χ1) is 8.99. The molecule has 1 saturated heterocycles. The summed E-state index contributed by atoms with van der Waals surface area (Å²) < 4.78 is 5.62. The Kier molecular flexibility index (Phi) is 8.13. The summed E-state index contributed by atoms with van der Waals surface area (Å²) in [4.78, 5) is 10.1. The molecule has 1 rings (SSSR count). The Balaban J connectivity index is 0.000000370. The molecule has 1 aliphatic heterocycles. The average Bonchev–Trinajstić information content (AvgIpc) is 2.23. The fraction of sp³-hybridized carbons (Fsp3) is 0.933. The molecule has 5 nitrogen and oxygen atoms in total. The van der Waals surface area contributed by atoms with Crippen LogP contribution in [0.4, 0.5) is 4.79 Å². The van der Waals surface area contributed by atoms with Crippen molar-refractivity contribution in [2.24, 2.45) is 5.92 Å². The molecule has 0 bridgehead atoms. The Morgan fingerprint density at radius 1 is 1.15 bits per heavy atom. The van der Waals surface area contributed by atoms with E-state index in [1.807, 2.05) is 0 Å². The minimum absolute atomic E-state index is 0.0156. The van der Waals surface area contributed by atoms with E-state index in [-0.39, 0.29) is 11.2 Å². The molecule has 0 saturated carbocycles. The first kappa shape index (κ1) is 19.2. The molecule has 1 heterocycles. The van der Waals surface area contributed by atoms with Gasteiger partial charge in [-0.15, -0.1) is 0 Å². The first-order valence-electron chi connectivity index (χ1n) is 7.37. The van der Waals surface area contributed by atoms with E-state index in [0.717, 1.165) is 25.9 Å². The fourth-order valence-electron chi connectivity index (χ4n) is 2.24. The summed E-state index contributed by atoms with van der Waals surface area (Å²) in [6.07, 6.45) is 1.25. The number of carboxylic acid groups (broad SMARTS) is 1. The van der Waals surface area contributed by atoms with Gasteiger partial charge in [0.2, 0.25) is 0 Å². The van der Waals surface area contributed by atoms with Crippen LogP contribution in [0, 0.1) is 5.92 Å². The predicted molar refractivity (Wildman–Crippen MR) is 82.2 cm³/mol. The largest absolute Gasteiger partial charge is 0.465 e. The van der Waals surface area contributed by atoms with Gasteiger partial charge in [0.15, 0.2) is 0 Å². The lowest BCUT2D eigenvalue weighted by Gasteiger charge is -2.30. The number of amides is 1. The lowest BCUT2D eigenvalue weighted by molar-refractivity contribution is -0.102. The fourth-order valence-corrected chi connectivity index (χ4v) is 2.24. The maximum absolute atomic E-state index is 10.1. The molecule has 0 aliphatic carbocycles. The smallest absolute Gasteiger partial charge is 0.404 e. The van der Waals surface area contributed by atoms with E-state index in [1.165, 1.54) is 0 Å². The van der Waals surface area contributed by atoms with Crippen molar-refractivity contribution >= 4 is 6.09 Å². The number of rotatable bonds is 2. The van der Waals surface area contributed by atoms with E-state index >= 15 is 0 Å². The van der Waals surface area contributed by atoms with Crippen LogP contribution in [0.1, 0.15) is 54.4 Å². The zero-order valence-electron chi connectivity index (χ0n) is 13.9. The molecule has 5 heteroatoms. The van der Waals surface area contributed by atoms with E-state index in [1.54, 1.807) is 0 Å². The Labute approximate surface area is 123 Å². The van der Waals surface area contributed by atoms with Crippen LogP contribution in [-0.4, -0.2) is 42.0 Å². The predicted octanol–water partition coefficient (Wildman–Crippen LogP) is 2.85. The van der Waals surface area contributed by atoms with Crippen LogP contribution < -0.4 is 10.6 Å². The van der Waals surface area contributed by atoms with E-state index in [0.29, 0.717) is 12.5 Å². The average molecular weight is 288 g/mol. The maximum Gasteiger partial charge on any atom is 0.404 e. The molecule has 0 unspecified atom stereocenters. The van der Waals surface area contributed by atoms with Gasteiger partial charge in [-0.05, 0) is 73.4 Å². The number of piperidine rings is 1. The third-order valence-corrected chi connectivity index (χ3v) is 2.61. The summed E-state index contributed by atoms with van der Waals surface area (Å²) in [6, 6.07) is 0. The summed E-state index contributed by atoms with van der Waals surface area (Å²) in [7, 11) is 0. The van der Waals surface area contributed by atoms with Gasteiger partial charge in [-0.1, -0.05) is 0 Å². The molecule has 1 fully saturated rings. The summed E-state index contributed by atoms with van der Waals surface area (Å²) in [5.41, 5.74) is -0.0312. The topological polar surface area (TPSA) is 70.6 Å². The molecule has 0 radical (unpaired) electrons. The van der Waals surface area contributed by atoms with E-state index in [2.05, 4.69) is 52.2 Å². The molecule has 120 valence electrons. The Morgan fingerprint density at radius 3 is 1.90 bits per heavy atom. The molecule has 0 atom stereocenters. The summed E-state index contributed by atoms with van der Waals surface area (Å²) in [5.74, 6) is 0.535. The third kappa shape index (κ3) is 13.6. The van der Waals surface area contributed by atoms with Gasteiger partial charge in [-0.2, -0.15) is 0 Å². The molecule has 0 aromatic carbocycles. The van der Waals surface area contributed by atoms with Crippen LogP contribution in [0.15, 0.2) is 0 Å². The van der Waals surface area contributed by atoms with E-state index in [9.17, 15) is 4.79 Å². The zero-order chi connectivity index (χ0) is 15.8. The molecule has 1 aliphatic rings. The standard InChI is InChI=1S/C8H18O.C7H14N2O2/c1-7(2,3)9-8(4,5)6;10-7(11)9-5-6-1-3-8-4-2-6/h1-6H3;6,8-9H,1-5H2,(H,10,11). The van der Waals surface area contributed by atoms with Crippen LogP contribution >= 0.6 is 0 Å². The van der Waals surface area contributed by atoms with Crippen molar-refractivity contribution in [3.05, 3.63) is 0 Å². The lowest BCUT2D eigenvalue weighted by Crippen LogP contribution is -2.35. The summed E-state index contributed by atoms with van der Waals surface area (Å²) >= 11 is 0. The Bertz CT molecular complexity index is 262. The van der Waals surface area contributed by atoms with Gasteiger partial charge >= 0.3 is 6.09 Å². The molecule has 0 aromatic rings. The van der Waals surface area contributed by atoms with Crippen LogP contribution in [0.25, 0.3) is 0 Å². The molecule has 0 spiro atoms. The number of hydrogen-bond donors (Lipinski definition) is 3. The van der Waals surface area contributed by atoms with Crippen LogP contribution in [0.5, 0.6) is 0 Å². The number of hydrogen-bond acceptors (Lipinski definition) is 3. The van der Waals surface area contributed by atoms with Crippen LogP contribution in [0.3, 0.4) is 0 Å². The van der Waals surface area contributed by atoms with Crippen LogP contribution in [-0.2, 0) is 4.74 Å². The molecule has 0 aromatic heterocycles. The van der Waals surface area contributed by atoms with Gasteiger partial charge in [0, 0.05) is 6.54 Å². The second-order valence-corrected chi connectivity index (χ2v) is 7.21. The minimum Gasteiger partial charge on any atom is -0.465 e.